The Balaban J connectivity index is 1.86. The smallest absolute Gasteiger partial charge is 0.266 e. The first-order valence-corrected chi connectivity index (χ1v) is 11.5. The number of benzene rings is 3. The number of nitrogens with one attached hydrogen (secondary N) is 1. The number of ether oxygens (including phenoxy) is 4. The number of amides is 1. The lowest BCUT2D eigenvalue weighted by molar-refractivity contribution is -0.112. The summed E-state index contributed by atoms with van der Waals surface area (Å²) >= 11 is 18.6. The van der Waals surface area contributed by atoms with Gasteiger partial charge in [-0.25, -0.2) is 0 Å². The molecule has 0 unspecified atom stereocenters. The molecular weight excluding hydrogens is 527 g/mol. The lowest BCUT2D eigenvalue weighted by atomic mass is 10.1. The Bertz CT molecular complexity index is 1350. The van der Waals surface area contributed by atoms with Crippen LogP contribution in [-0.2, 0) is 11.4 Å². The van der Waals surface area contributed by atoms with Gasteiger partial charge in [-0.1, -0.05) is 46.9 Å². The minimum absolute atomic E-state index is 0.184. The number of hydrogen-bond acceptors (Lipinski definition) is 6. The molecule has 3 aromatic rings. The molecule has 1 N–H and O–H groups in total. The van der Waals surface area contributed by atoms with E-state index in [0.717, 1.165) is 5.56 Å². The summed E-state index contributed by atoms with van der Waals surface area (Å²) in [5, 5.41) is 13.4. The van der Waals surface area contributed by atoms with E-state index in [-0.39, 0.29) is 22.9 Å². The van der Waals surface area contributed by atoms with Crippen LogP contribution in [0.4, 0.5) is 5.69 Å². The Kier molecular flexibility index (Phi) is 9.31. The molecule has 0 bridgehead atoms. The molecule has 1 amide bonds. The normalized spacial score (nSPS) is 10.9. The maximum absolute atomic E-state index is 12.9. The molecule has 0 aliphatic rings. The van der Waals surface area contributed by atoms with E-state index in [1.54, 1.807) is 24.3 Å². The van der Waals surface area contributed by atoms with Crippen molar-refractivity contribution >= 4 is 52.5 Å². The van der Waals surface area contributed by atoms with Crippen molar-refractivity contribution in [1.29, 1.82) is 5.26 Å². The van der Waals surface area contributed by atoms with E-state index >= 15 is 0 Å². The van der Waals surface area contributed by atoms with Crippen molar-refractivity contribution in [3.63, 3.8) is 0 Å². The Morgan fingerprint density at radius 2 is 1.67 bits per heavy atom. The van der Waals surface area contributed by atoms with Crippen LogP contribution in [0.25, 0.3) is 6.08 Å². The fourth-order valence-electron chi connectivity index (χ4n) is 3.21. The van der Waals surface area contributed by atoms with Crippen LogP contribution < -0.4 is 24.3 Å². The van der Waals surface area contributed by atoms with Crippen molar-refractivity contribution < 1.29 is 23.7 Å². The monoisotopic (exact) mass is 546 g/mol. The van der Waals surface area contributed by atoms with Crippen molar-refractivity contribution in [1.82, 2.24) is 0 Å². The highest BCUT2D eigenvalue weighted by Gasteiger charge is 2.17. The predicted octanol–water partition coefficient (Wildman–Crippen LogP) is 6.80. The van der Waals surface area contributed by atoms with Crippen LogP contribution in [0.3, 0.4) is 0 Å². The first kappa shape index (κ1) is 27.0. The maximum atomic E-state index is 12.9. The molecule has 0 saturated carbocycles. The van der Waals surface area contributed by atoms with Crippen LogP contribution in [0.5, 0.6) is 23.0 Å². The van der Waals surface area contributed by atoms with Gasteiger partial charge in [-0.05, 0) is 41.5 Å². The zero-order valence-electron chi connectivity index (χ0n) is 19.5. The van der Waals surface area contributed by atoms with Crippen molar-refractivity contribution in [3.05, 3.63) is 80.3 Å². The summed E-state index contributed by atoms with van der Waals surface area (Å²) in [5.74, 6) is 0.615. The van der Waals surface area contributed by atoms with Gasteiger partial charge >= 0.3 is 0 Å². The summed E-state index contributed by atoms with van der Waals surface area (Å²) in [6.45, 7) is 0.212. The molecule has 36 heavy (non-hydrogen) atoms. The summed E-state index contributed by atoms with van der Waals surface area (Å²) in [6.07, 6.45) is 1.38. The Morgan fingerprint density at radius 1 is 0.944 bits per heavy atom. The van der Waals surface area contributed by atoms with E-state index in [1.807, 2.05) is 18.2 Å². The second-order valence-corrected chi connectivity index (χ2v) is 8.51. The quantitative estimate of drug-likeness (QED) is 0.234. The lowest BCUT2D eigenvalue weighted by Gasteiger charge is -2.14. The van der Waals surface area contributed by atoms with Gasteiger partial charge in [0.2, 0.25) is 0 Å². The molecule has 186 valence electrons. The van der Waals surface area contributed by atoms with Crippen molar-refractivity contribution in [2.45, 2.75) is 6.61 Å². The average molecular weight is 548 g/mol. The number of carbonyl (C=O) groups is 1. The summed E-state index contributed by atoms with van der Waals surface area (Å²) in [6, 6.07) is 15.3. The molecule has 3 aromatic carbocycles. The highest BCUT2D eigenvalue weighted by Crippen LogP contribution is 2.38. The largest absolute Gasteiger partial charge is 0.495 e. The minimum atomic E-state index is -0.670. The molecule has 0 saturated heterocycles. The molecule has 10 heteroatoms. The number of carbonyl (C=O) groups excluding carboxylic acids is 1. The average Bonchev–Trinajstić information content (AvgIpc) is 2.86. The van der Waals surface area contributed by atoms with Gasteiger partial charge < -0.3 is 24.3 Å². The molecule has 0 heterocycles. The van der Waals surface area contributed by atoms with E-state index in [1.165, 1.54) is 39.5 Å². The zero-order valence-corrected chi connectivity index (χ0v) is 21.8. The van der Waals surface area contributed by atoms with Gasteiger partial charge in [0.15, 0.2) is 11.5 Å². The number of anilines is 1. The van der Waals surface area contributed by atoms with Crippen LogP contribution >= 0.6 is 34.8 Å². The van der Waals surface area contributed by atoms with Crippen molar-refractivity contribution in [3.8, 4) is 29.1 Å². The fourth-order valence-corrected chi connectivity index (χ4v) is 3.93. The summed E-state index contributed by atoms with van der Waals surface area (Å²) < 4.78 is 21.7. The Hall–Kier alpha value is -3.57. The van der Waals surface area contributed by atoms with Crippen LogP contribution in [0, 0.1) is 11.3 Å². The molecule has 7 nitrogen and oxygen atoms in total. The van der Waals surface area contributed by atoms with Crippen LogP contribution in [0.15, 0.2) is 54.1 Å². The van der Waals surface area contributed by atoms with E-state index in [2.05, 4.69) is 5.32 Å². The second-order valence-electron chi connectivity index (χ2n) is 7.26. The van der Waals surface area contributed by atoms with Gasteiger partial charge in [-0.3, -0.25) is 4.79 Å². The SMILES string of the molecule is COc1cc(NC(=O)/C(C#N)=C/c2cc(Cl)c(OCc3cccc(Cl)c3)c(OC)c2)c(OC)cc1Cl. The maximum Gasteiger partial charge on any atom is 0.266 e. The highest BCUT2D eigenvalue weighted by atomic mass is 35.5. The van der Waals surface area contributed by atoms with E-state index in [0.29, 0.717) is 38.6 Å². The molecule has 0 aromatic heterocycles. The number of halogens is 3. The van der Waals surface area contributed by atoms with E-state index in [4.69, 9.17) is 53.8 Å². The minimum Gasteiger partial charge on any atom is -0.495 e. The van der Waals surface area contributed by atoms with Gasteiger partial charge in [0.25, 0.3) is 5.91 Å². The molecular formula is C26H21Cl3N2O5. The molecule has 3 rings (SSSR count). The zero-order chi connectivity index (χ0) is 26.2. The molecule has 0 fully saturated rings. The van der Waals surface area contributed by atoms with Crippen molar-refractivity contribution in [2.24, 2.45) is 0 Å². The van der Waals surface area contributed by atoms with E-state index in [9.17, 15) is 10.1 Å². The number of nitrogens with zero attached hydrogens (tertiary/aromatic N) is 1. The molecule has 0 spiro atoms. The van der Waals surface area contributed by atoms with Gasteiger partial charge in [0.05, 0.1) is 37.1 Å². The van der Waals surface area contributed by atoms with E-state index < -0.39 is 5.91 Å². The first-order chi connectivity index (χ1) is 17.3. The molecule has 0 radical (unpaired) electrons. The van der Waals surface area contributed by atoms with Crippen LogP contribution in [0.1, 0.15) is 11.1 Å². The van der Waals surface area contributed by atoms with Crippen molar-refractivity contribution in [2.75, 3.05) is 26.6 Å². The third-order valence-corrected chi connectivity index (χ3v) is 5.73. The third-order valence-electron chi connectivity index (χ3n) is 4.92. The highest BCUT2D eigenvalue weighted by molar-refractivity contribution is 6.33. The van der Waals surface area contributed by atoms with Gasteiger partial charge in [-0.15, -0.1) is 0 Å². The fraction of sp³-hybridized carbons (Fsp3) is 0.154. The molecule has 0 aliphatic heterocycles. The predicted molar refractivity (Wildman–Crippen MR) is 141 cm³/mol. The number of methoxy groups -OCH3 is 3. The Labute approximate surface area is 223 Å². The number of nitriles is 1. The van der Waals surface area contributed by atoms with Gasteiger partial charge in [-0.2, -0.15) is 5.26 Å². The lowest BCUT2D eigenvalue weighted by Crippen LogP contribution is -2.14. The summed E-state index contributed by atoms with van der Waals surface area (Å²) in [4.78, 5) is 12.9. The third kappa shape index (κ3) is 6.55. The molecule has 0 aliphatic carbocycles. The van der Waals surface area contributed by atoms with Gasteiger partial charge in [0.1, 0.15) is 29.7 Å². The Morgan fingerprint density at radius 3 is 2.31 bits per heavy atom. The van der Waals surface area contributed by atoms with Crippen LogP contribution in [0.2, 0.25) is 15.1 Å². The van der Waals surface area contributed by atoms with Crippen LogP contribution in [-0.4, -0.2) is 27.2 Å². The standard InChI is InChI=1S/C26H21Cl3N2O5/c1-33-22-12-21(23(34-2)11-19(22)28)31-26(32)17(13-30)7-16-9-20(29)25(24(10-16)35-3)36-14-15-5-4-6-18(27)8-15/h4-12H,14H2,1-3H3,(H,31,32)/b17-7+. The number of rotatable bonds is 9. The molecule has 0 atom stereocenters. The summed E-state index contributed by atoms with van der Waals surface area (Å²) in [5.41, 5.74) is 1.41. The second kappa shape index (κ2) is 12.4. The topological polar surface area (TPSA) is 89.8 Å². The van der Waals surface area contributed by atoms with Gasteiger partial charge in [0, 0.05) is 17.2 Å². The number of hydrogen-bond donors (Lipinski definition) is 1. The first-order valence-electron chi connectivity index (χ1n) is 10.4. The summed E-state index contributed by atoms with van der Waals surface area (Å²) in [7, 11) is 4.34.